The van der Waals surface area contributed by atoms with E-state index in [1.54, 1.807) is 39.0 Å². The van der Waals surface area contributed by atoms with Crippen LogP contribution in [0.15, 0.2) is 29.3 Å². The zero-order chi connectivity index (χ0) is 32.8. The number of fused-ring (bicyclic) bond motifs is 2. The van der Waals surface area contributed by atoms with Crippen molar-refractivity contribution in [2.45, 2.75) is 56.8 Å². The molecule has 1 aromatic carbocycles. The van der Waals surface area contributed by atoms with Crippen molar-refractivity contribution in [1.29, 1.82) is 0 Å². The fraction of sp³-hybridized carbons (Fsp3) is 0.533. The maximum absolute atomic E-state index is 14.0. The van der Waals surface area contributed by atoms with Crippen LogP contribution in [0.3, 0.4) is 0 Å². The number of sulfonamides is 1. The highest BCUT2D eigenvalue weighted by Gasteiger charge is 2.40. The summed E-state index contributed by atoms with van der Waals surface area (Å²) in [6.07, 6.45) is 0.0212. The number of hydrogen-bond acceptors (Lipinski definition) is 9. The molecule has 0 spiro atoms. The zero-order valence-corrected chi connectivity index (χ0v) is 28.3. The van der Waals surface area contributed by atoms with E-state index in [1.165, 1.54) is 15.6 Å². The summed E-state index contributed by atoms with van der Waals surface area (Å²) in [5, 5.41) is 1.43. The number of rotatable bonds is 5. The molecule has 3 aromatic rings. The number of carbonyl (C=O) groups is 3. The van der Waals surface area contributed by atoms with Gasteiger partial charge in [0.25, 0.3) is 15.9 Å². The first-order valence-electron chi connectivity index (χ1n) is 15.2. The highest BCUT2D eigenvalue weighted by Crippen LogP contribution is 2.30. The van der Waals surface area contributed by atoms with Gasteiger partial charge in [0.05, 0.1) is 31.5 Å². The predicted molar refractivity (Wildman–Crippen MR) is 171 cm³/mol. The van der Waals surface area contributed by atoms with Crippen LogP contribution in [0.4, 0.5) is 4.79 Å². The van der Waals surface area contributed by atoms with Gasteiger partial charge in [0, 0.05) is 72.9 Å². The van der Waals surface area contributed by atoms with Crippen molar-refractivity contribution < 1.29 is 32.3 Å². The lowest BCUT2D eigenvalue weighted by Crippen LogP contribution is -2.58. The molecule has 0 bridgehead atoms. The smallest absolute Gasteiger partial charge is 0.410 e. The van der Waals surface area contributed by atoms with Crippen LogP contribution in [-0.2, 0) is 37.3 Å². The molecular formula is C30H37ClN6O7S2. The van der Waals surface area contributed by atoms with Gasteiger partial charge in [0.1, 0.15) is 10.6 Å². The number of nitrogens with zero attached hydrogens (tertiary/aromatic N) is 5. The largest absolute Gasteiger partial charge is 0.444 e. The van der Waals surface area contributed by atoms with Crippen molar-refractivity contribution in [2.75, 3.05) is 52.5 Å². The second kappa shape index (κ2) is 12.8. The van der Waals surface area contributed by atoms with Crippen LogP contribution in [0.1, 0.15) is 47.6 Å². The third-order valence-corrected chi connectivity index (χ3v) is 11.3. The lowest BCUT2D eigenvalue weighted by atomic mass is 10.1. The minimum atomic E-state index is -3.98. The highest BCUT2D eigenvalue weighted by molar-refractivity contribution is 7.89. The summed E-state index contributed by atoms with van der Waals surface area (Å²) in [6, 6.07) is 5.91. The fourth-order valence-corrected chi connectivity index (χ4v) is 8.62. The number of H-pyrrole nitrogens is 1. The molecule has 3 aliphatic heterocycles. The Morgan fingerprint density at radius 1 is 1.09 bits per heavy atom. The van der Waals surface area contributed by atoms with E-state index in [1.807, 2.05) is 20.8 Å². The van der Waals surface area contributed by atoms with Gasteiger partial charge >= 0.3 is 6.09 Å². The summed E-state index contributed by atoms with van der Waals surface area (Å²) in [6.45, 7) is 7.94. The number of morpholine rings is 1. The Labute approximate surface area is 276 Å². The molecule has 0 aliphatic carbocycles. The van der Waals surface area contributed by atoms with Gasteiger partial charge in [0.15, 0.2) is 5.01 Å². The third kappa shape index (κ3) is 6.88. The molecule has 3 amide bonds. The van der Waals surface area contributed by atoms with E-state index >= 15 is 0 Å². The Kier molecular flexibility index (Phi) is 9.06. The minimum absolute atomic E-state index is 0.0185. The summed E-state index contributed by atoms with van der Waals surface area (Å²) in [5.74, 6) is -0.530. The number of hydrogen-bond donors (Lipinski definition) is 1. The second-order valence-corrected chi connectivity index (χ2v) is 16.0. The molecule has 0 saturated carbocycles. The van der Waals surface area contributed by atoms with Crippen molar-refractivity contribution in [3.05, 3.63) is 44.9 Å². The van der Waals surface area contributed by atoms with Gasteiger partial charge in [-0.1, -0.05) is 11.6 Å². The second-order valence-electron chi connectivity index (χ2n) is 12.6. The molecular weight excluding hydrogens is 656 g/mol. The molecule has 6 rings (SSSR count). The van der Waals surface area contributed by atoms with E-state index in [-0.39, 0.29) is 54.4 Å². The molecule has 46 heavy (non-hydrogen) atoms. The lowest BCUT2D eigenvalue weighted by molar-refractivity contribution is -0.136. The maximum atomic E-state index is 14.0. The number of ether oxygens (including phenoxy) is 2. The predicted octanol–water partition coefficient (Wildman–Crippen LogP) is 3.34. The SMILES string of the molecule is CC(C)(C)OC(=O)N1CCc2nc(C(=O)N3CCN(S(=O)(=O)c4cc5cc(Cl)ccc5[nH]4)CC3CC(=O)N3CCOCC3)sc2C1. The average molecular weight is 693 g/mol. The number of amides is 3. The van der Waals surface area contributed by atoms with E-state index in [9.17, 15) is 22.8 Å². The molecule has 2 saturated heterocycles. The Bertz CT molecular complexity index is 1760. The van der Waals surface area contributed by atoms with Gasteiger partial charge in [-0.3, -0.25) is 9.59 Å². The Balaban J connectivity index is 1.23. The van der Waals surface area contributed by atoms with Crippen LogP contribution >= 0.6 is 22.9 Å². The van der Waals surface area contributed by atoms with Gasteiger partial charge in [0.2, 0.25) is 5.91 Å². The summed E-state index contributed by atoms with van der Waals surface area (Å²) in [7, 11) is -3.98. The molecule has 5 heterocycles. The van der Waals surface area contributed by atoms with Crippen molar-refractivity contribution in [2.24, 2.45) is 0 Å². The van der Waals surface area contributed by atoms with Crippen molar-refractivity contribution >= 4 is 61.8 Å². The number of piperazine rings is 1. The highest BCUT2D eigenvalue weighted by atomic mass is 35.5. The quantitative estimate of drug-likeness (QED) is 0.429. The molecule has 3 aliphatic rings. The number of halogens is 1. The van der Waals surface area contributed by atoms with Crippen molar-refractivity contribution in [1.82, 2.24) is 29.0 Å². The van der Waals surface area contributed by atoms with Crippen LogP contribution in [0.2, 0.25) is 5.02 Å². The minimum Gasteiger partial charge on any atom is -0.444 e. The molecule has 16 heteroatoms. The number of carbonyl (C=O) groups excluding carboxylic acids is 3. The third-order valence-electron chi connectivity index (χ3n) is 8.22. The molecule has 2 aromatic heterocycles. The van der Waals surface area contributed by atoms with Crippen molar-refractivity contribution in [3.8, 4) is 0 Å². The average Bonchev–Trinajstić information content (AvgIpc) is 3.64. The van der Waals surface area contributed by atoms with E-state index < -0.39 is 27.8 Å². The van der Waals surface area contributed by atoms with Crippen LogP contribution in [0.5, 0.6) is 0 Å². The lowest BCUT2D eigenvalue weighted by Gasteiger charge is -2.41. The Hall–Kier alpha value is -3.24. The fourth-order valence-electron chi connectivity index (χ4n) is 5.88. The zero-order valence-electron chi connectivity index (χ0n) is 26.0. The van der Waals surface area contributed by atoms with Gasteiger partial charge in [-0.15, -0.1) is 11.3 Å². The molecule has 248 valence electrons. The van der Waals surface area contributed by atoms with E-state index in [0.717, 1.165) is 10.6 Å². The first-order chi connectivity index (χ1) is 21.8. The molecule has 1 N–H and O–H groups in total. The first-order valence-corrected chi connectivity index (χ1v) is 17.8. The van der Waals surface area contributed by atoms with Gasteiger partial charge in [-0.2, -0.15) is 4.31 Å². The van der Waals surface area contributed by atoms with E-state index in [4.69, 9.17) is 21.1 Å². The Morgan fingerprint density at radius 3 is 2.59 bits per heavy atom. The van der Waals surface area contributed by atoms with Gasteiger partial charge < -0.3 is 29.2 Å². The molecule has 1 atom stereocenters. The summed E-state index contributed by atoms with van der Waals surface area (Å²) < 4.78 is 39.9. The van der Waals surface area contributed by atoms with Gasteiger partial charge in [-0.25, -0.2) is 18.2 Å². The number of aromatic nitrogens is 2. The van der Waals surface area contributed by atoms with Crippen LogP contribution in [-0.4, -0.2) is 119 Å². The van der Waals surface area contributed by atoms with Crippen LogP contribution in [0, 0.1) is 0 Å². The monoisotopic (exact) mass is 692 g/mol. The summed E-state index contributed by atoms with van der Waals surface area (Å²) >= 11 is 7.33. The number of aromatic amines is 1. The number of thiazole rings is 1. The normalized spacial score (nSPS) is 19.7. The van der Waals surface area contributed by atoms with E-state index in [2.05, 4.69) is 9.97 Å². The van der Waals surface area contributed by atoms with Gasteiger partial charge in [-0.05, 0) is 45.0 Å². The Morgan fingerprint density at radius 2 is 1.85 bits per heavy atom. The first kappa shape index (κ1) is 32.7. The summed E-state index contributed by atoms with van der Waals surface area (Å²) in [5.41, 5.74) is 0.764. The standard InChI is InChI=1S/C30H37ClN6O7S2/c1-30(2,3)44-29(40)35-7-6-23-24(18-35)45-27(33-23)28(39)37-9-8-36(17-21(37)16-26(38)34-10-12-43-13-11-34)46(41,42)25-15-19-14-20(31)4-5-22(19)32-25/h4-5,14-15,21,32H,6-13,16-18H2,1-3H3. The number of nitrogens with one attached hydrogen (secondary N) is 1. The van der Waals surface area contributed by atoms with Crippen LogP contribution in [0.25, 0.3) is 10.9 Å². The molecule has 1 unspecified atom stereocenters. The molecule has 2 fully saturated rings. The molecule has 13 nitrogen and oxygen atoms in total. The summed E-state index contributed by atoms with van der Waals surface area (Å²) in [4.78, 5) is 53.3. The van der Waals surface area contributed by atoms with E-state index in [0.29, 0.717) is 55.2 Å². The van der Waals surface area contributed by atoms with Crippen LogP contribution < -0.4 is 0 Å². The number of benzene rings is 1. The topological polar surface area (TPSA) is 145 Å². The maximum Gasteiger partial charge on any atom is 0.410 e. The van der Waals surface area contributed by atoms with Crippen molar-refractivity contribution in [3.63, 3.8) is 0 Å². The molecule has 0 radical (unpaired) electrons.